The summed E-state index contributed by atoms with van der Waals surface area (Å²) in [6.45, 7) is 7.14. The molecule has 0 heterocycles. The zero-order chi connectivity index (χ0) is 15.7. The quantitative estimate of drug-likeness (QED) is 0.925. The monoisotopic (exact) mass is 288 g/mol. The van der Waals surface area contributed by atoms with E-state index in [4.69, 9.17) is 5.73 Å². The second-order valence-electron chi connectivity index (χ2n) is 7.27. The summed E-state index contributed by atoms with van der Waals surface area (Å²) in [5, 5.41) is 0. The van der Waals surface area contributed by atoms with Gasteiger partial charge in [0.2, 0.25) is 5.91 Å². The van der Waals surface area contributed by atoms with Crippen molar-refractivity contribution in [2.45, 2.75) is 57.4 Å². The number of benzene rings is 1. The van der Waals surface area contributed by atoms with Crippen LogP contribution in [0.15, 0.2) is 24.3 Å². The topological polar surface area (TPSA) is 46.3 Å². The number of carbonyl (C=O) groups excluding carboxylic acids is 1. The molecular formula is C18H28N2O. The average Bonchev–Trinajstić information content (AvgIpc) is 2.86. The van der Waals surface area contributed by atoms with Gasteiger partial charge in [0.1, 0.15) is 0 Å². The van der Waals surface area contributed by atoms with Crippen LogP contribution < -0.4 is 5.73 Å². The van der Waals surface area contributed by atoms with Gasteiger partial charge in [-0.2, -0.15) is 0 Å². The molecule has 116 valence electrons. The van der Waals surface area contributed by atoms with Crippen LogP contribution in [0, 0.1) is 6.92 Å². The molecule has 3 nitrogen and oxygen atoms in total. The summed E-state index contributed by atoms with van der Waals surface area (Å²) in [7, 11) is 1.88. The lowest BCUT2D eigenvalue weighted by Crippen LogP contribution is -2.54. The van der Waals surface area contributed by atoms with Gasteiger partial charge in [0.25, 0.3) is 0 Å². The number of rotatable bonds is 4. The van der Waals surface area contributed by atoms with Gasteiger partial charge in [-0.15, -0.1) is 0 Å². The Hall–Kier alpha value is -1.35. The molecule has 1 aromatic rings. The first-order valence-electron chi connectivity index (χ1n) is 7.86. The number of carbonyl (C=O) groups is 1. The van der Waals surface area contributed by atoms with Crippen LogP contribution in [-0.4, -0.2) is 29.9 Å². The minimum atomic E-state index is -0.627. The second-order valence-corrected chi connectivity index (χ2v) is 7.27. The Balaban J connectivity index is 2.08. The lowest BCUT2D eigenvalue weighted by molar-refractivity contribution is -0.136. The zero-order valence-electron chi connectivity index (χ0n) is 13.8. The van der Waals surface area contributed by atoms with Gasteiger partial charge in [0.15, 0.2) is 0 Å². The Morgan fingerprint density at radius 2 is 1.76 bits per heavy atom. The van der Waals surface area contributed by atoms with Crippen molar-refractivity contribution in [1.82, 2.24) is 4.90 Å². The number of nitrogens with zero attached hydrogens (tertiary/aromatic N) is 1. The van der Waals surface area contributed by atoms with E-state index in [1.54, 1.807) is 0 Å². The van der Waals surface area contributed by atoms with Crippen molar-refractivity contribution in [1.29, 1.82) is 0 Å². The Morgan fingerprint density at radius 1 is 1.24 bits per heavy atom. The molecule has 1 fully saturated rings. The summed E-state index contributed by atoms with van der Waals surface area (Å²) >= 11 is 0. The molecule has 1 amide bonds. The molecule has 0 bridgehead atoms. The normalized spacial score (nSPS) is 17.8. The first kappa shape index (κ1) is 16.0. The van der Waals surface area contributed by atoms with E-state index in [-0.39, 0.29) is 11.3 Å². The lowest BCUT2D eigenvalue weighted by atomic mass is 9.83. The highest BCUT2D eigenvalue weighted by Crippen LogP contribution is 2.30. The smallest absolute Gasteiger partial charge is 0.242 e. The molecule has 0 radical (unpaired) electrons. The molecule has 0 unspecified atom stereocenters. The summed E-state index contributed by atoms with van der Waals surface area (Å²) in [4.78, 5) is 14.5. The molecule has 1 aliphatic carbocycles. The Labute approximate surface area is 128 Å². The fourth-order valence-corrected chi connectivity index (χ4v) is 3.36. The van der Waals surface area contributed by atoms with Crippen molar-refractivity contribution in [2.24, 2.45) is 5.73 Å². The predicted octanol–water partition coefficient (Wildman–Crippen LogP) is 3.00. The summed E-state index contributed by atoms with van der Waals surface area (Å²) < 4.78 is 0. The molecule has 0 spiro atoms. The fraction of sp³-hybridized carbons (Fsp3) is 0.611. The van der Waals surface area contributed by atoms with Crippen LogP contribution in [0.3, 0.4) is 0 Å². The highest BCUT2D eigenvalue weighted by molar-refractivity contribution is 5.86. The van der Waals surface area contributed by atoms with Crippen LogP contribution >= 0.6 is 0 Å². The van der Waals surface area contributed by atoms with Gasteiger partial charge in [0, 0.05) is 19.0 Å². The molecule has 0 aliphatic heterocycles. The fourth-order valence-electron chi connectivity index (χ4n) is 3.36. The van der Waals surface area contributed by atoms with Crippen molar-refractivity contribution >= 4 is 5.91 Å². The molecule has 0 saturated heterocycles. The number of hydrogen-bond donors (Lipinski definition) is 1. The predicted molar refractivity (Wildman–Crippen MR) is 87.2 cm³/mol. The highest BCUT2D eigenvalue weighted by atomic mass is 16.2. The summed E-state index contributed by atoms with van der Waals surface area (Å²) in [5.41, 5.74) is 8.10. The molecule has 1 saturated carbocycles. The minimum Gasteiger partial charge on any atom is -0.343 e. The van der Waals surface area contributed by atoms with Gasteiger partial charge in [0.05, 0.1) is 5.54 Å². The van der Waals surface area contributed by atoms with E-state index < -0.39 is 5.54 Å². The van der Waals surface area contributed by atoms with E-state index in [0.29, 0.717) is 6.54 Å². The van der Waals surface area contributed by atoms with Crippen molar-refractivity contribution in [3.63, 3.8) is 0 Å². The third kappa shape index (κ3) is 3.46. The molecule has 2 N–H and O–H groups in total. The number of aryl methyl sites for hydroxylation is 1. The van der Waals surface area contributed by atoms with Crippen molar-refractivity contribution in [2.75, 3.05) is 13.6 Å². The Bertz CT molecular complexity index is 498. The summed E-state index contributed by atoms with van der Waals surface area (Å²) in [6.07, 6.45) is 3.77. The number of likely N-dealkylation sites (N-methyl/N-ethyl adjacent to an activating group) is 1. The van der Waals surface area contributed by atoms with Gasteiger partial charge in [-0.05, 0) is 25.3 Å². The molecule has 0 atom stereocenters. The SMILES string of the molecule is Cc1ccc(C(C)(C)CN(C)C(=O)C2(N)CCCC2)cc1. The van der Waals surface area contributed by atoms with Gasteiger partial charge in [-0.1, -0.05) is 56.5 Å². The number of hydrogen-bond acceptors (Lipinski definition) is 2. The minimum absolute atomic E-state index is 0.0763. The van der Waals surface area contributed by atoms with E-state index in [9.17, 15) is 4.79 Å². The van der Waals surface area contributed by atoms with E-state index in [2.05, 4.69) is 45.0 Å². The van der Waals surface area contributed by atoms with Gasteiger partial charge in [-0.3, -0.25) is 4.79 Å². The maximum atomic E-state index is 12.6. The molecule has 1 aliphatic rings. The Morgan fingerprint density at radius 3 is 2.29 bits per heavy atom. The van der Waals surface area contributed by atoms with Crippen molar-refractivity contribution in [3.05, 3.63) is 35.4 Å². The second kappa shape index (κ2) is 5.80. The molecule has 3 heteroatoms. The number of nitrogens with two attached hydrogens (primary N) is 1. The van der Waals surface area contributed by atoms with E-state index in [1.165, 1.54) is 11.1 Å². The largest absolute Gasteiger partial charge is 0.343 e. The van der Waals surface area contributed by atoms with Crippen LogP contribution in [0.25, 0.3) is 0 Å². The maximum Gasteiger partial charge on any atom is 0.242 e. The summed E-state index contributed by atoms with van der Waals surface area (Å²) in [5.74, 6) is 0.0974. The van der Waals surface area contributed by atoms with Crippen molar-refractivity contribution < 1.29 is 4.79 Å². The van der Waals surface area contributed by atoms with E-state index in [1.807, 2.05) is 11.9 Å². The van der Waals surface area contributed by atoms with Crippen LogP contribution in [0.1, 0.15) is 50.7 Å². The van der Waals surface area contributed by atoms with Crippen molar-refractivity contribution in [3.8, 4) is 0 Å². The lowest BCUT2D eigenvalue weighted by Gasteiger charge is -2.35. The molecule has 21 heavy (non-hydrogen) atoms. The molecule has 0 aromatic heterocycles. The van der Waals surface area contributed by atoms with Gasteiger partial charge in [-0.25, -0.2) is 0 Å². The average molecular weight is 288 g/mol. The van der Waals surface area contributed by atoms with Gasteiger partial charge < -0.3 is 10.6 Å². The molecule has 2 rings (SSSR count). The van der Waals surface area contributed by atoms with E-state index in [0.717, 1.165) is 25.7 Å². The molecule has 1 aromatic carbocycles. The highest BCUT2D eigenvalue weighted by Gasteiger charge is 2.40. The van der Waals surface area contributed by atoms with Crippen LogP contribution in [0.2, 0.25) is 0 Å². The third-order valence-electron chi connectivity index (χ3n) is 4.73. The Kier molecular flexibility index (Phi) is 4.43. The first-order chi connectivity index (χ1) is 9.74. The first-order valence-corrected chi connectivity index (χ1v) is 7.86. The standard InChI is InChI=1S/C18H28N2O/c1-14-7-9-15(10-8-14)17(2,3)13-20(4)16(21)18(19)11-5-6-12-18/h7-10H,5-6,11-13,19H2,1-4H3. The van der Waals surface area contributed by atoms with Crippen LogP contribution in [0.4, 0.5) is 0 Å². The summed E-state index contributed by atoms with van der Waals surface area (Å²) in [6, 6.07) is 8.56. The van der Waals surface area contributed by atoms with Crippen LogP contribution in [-0.2, 0) is 10.2 Å². The van der Waals surface area contributed by atoms with Crippen LogP contribution in [0.5, 0.6) is 0 Å². The maximum absolute atomic E-state index is 12.6. The van der Waals surface area contributed by atoms with E-state index >= 15 is 0 Å². The zero-order valence-corrected chi connectivity index (χ0v) is 13.8. The third-order valence-corrected chi connectivity index (χ3v) is 4.73. The number of amides is 1. The molecular weight excluding hydrogens is 260 g/mol. The van der Waals surface area contributed by atoms with Gasteiger partial charge >= 0.3 is 0 Å².